The quantitative estimate of drug-likeness (QED) is 0.347. The van der Waals surface area contributed by atoms with Crippen molar-refractivity contribution in [1.29, 1.82) is 0 Å². The van der Waals surface area contributed by atoms with Crippen LogP contribution in [0, 0.1) is 0 Å². The van der Waals surface area contributed by atoms with Gasteiger partial charge >= 0.3 is 0 Å². The Kier molecular flexibility index (Phi) is 8.42. The highest BCUT2D eigenvalue weighted by atomic mass is 32.2. The molecule has 2 heterocycles. The Hall–Kier alpha value is -2.25. The lowest BCUT2D eigenvalue weighted by Gasteiger charge is -2.00. The van der Waals surface area contributed by atoms with Gasteiger partial charge in [0.25, 0.3) is 11.3 Å². The van der Waals surface area contributed by atoms with Crippen molar-refractivity contribution < 1.29 is 18.4 Å². The van der Waals surface area contributed by atoms with Crippen LogP contribution in [-0.4, -0.2) is 45.6 Å². The van der Waals surface area contributed by atoms with E-state index in [2.05, 4.69) is 30.5 Å². The lowest BCUT2D eigenvalue weighted by molar-refractivity contribution is -0.117. The van der Waals surface area contributed by atoms with Crippen molar-refractivity contribution in [1.82, 2.24) is 25.2 Å². The summed E-state index contributed by atoms with van der Waals surface area (Å²) in [4.78, 5) is 22.8. The highest BCUT2D eigenvalue weighted by molar-refractivity contribution is 7.80. The number of anilines is 2. The zero-order chi connectivity index (χ0) is 19.6. The van der Waals surface area contributed by atoms with Crippen molar-refractivity contribution in [2.75, 3.05) is 10.0 Å². The van der Waals surface area contributed by atoms with E-state index in [1.54, 1.807) is 11.6 Å². The van der Waals surface area contributed by atoms with Gasteiger partial charge in [0.05, 0.1) is 5.69 Å². The summed E-state index contributed by atoms with van der Waals surface area (Å²) in [5, 5.41) is 18.4. The first-order valence-corrected chi connectivity index (χ1v) is 10.2. The van der Waals surface area contributed by atoms with Gasteiger partial charge in [0.2, 0.25) is 16.2 Å². The zero-order valence-corrected chi connectivity index (χ0v) is 16.4. The first-order chi connectivity index (χ1) is 12.9. The standard InChI is InChI=1S/C14H21N7O4S2/c1-10(22)5-2-3-8-21-9-11(16-20-21)6-4-7-12(23)15-13-17-18-14(26-13)19-27(24)25/h9H,2-8H2,1H3,(H,18,19)(H,24,25)(H,15,17,23). The Labute approximate surface area is 162 Å². The average Bonchev–Trinajstić information content (AvgIpc) is 3.20. The van der Waals surface area contributed by atoms with Crippen LogP contribution < -0.4 is 10.0 Å². The number of hydrogen-bond donors (Lipinski definition) is 3. The highest BCUT2D eigenvalue weighted by Gasteiger charge is 2.10. The zero-order valence-electron chi connectivity index (χ0n) is 14.8. The smallest absolute Gasteiger partial charge is 0.261 e. The number of carbonyl (C=O) groups is 2. The van der Waals surface area contributed by atoms with E-state index in [4.69, 9.17) is 4.55 Å². The molecule has 0 aliphatic carbocycles. The van der Waals surface area contributed by atoms with Crippen molar-refractivity contribution in [2.24, 2.45) is 0 Å². The number of rotatable bonds is 12. The maximum absolute atomic E-state index is 11.9. The van der Waals surface area contributed by atoms with Gasteiger partial charge in [-0.1, -0.05) is 16.6 Å². The second-order valence-electron chi connectivity index (χ2n) is 5.80. The number of aromatic nitrogens is 5. The second kappa shape index (κ2) is 10.8. The second-order valence-corrected chi connectivity index (χ2v) is 7.48. The minimum absolute atomic E-state index is 0.144. The number of unbranched alkanes of at least 4 members (excludes halogenated alkanes) is 1. The van der Waals surface area contributed by atoms with Crippen LogP contribution in [-0.2, 0) is 33.8 Å². The number of ketones is 1. The molecular formula is C14H21N7O4S2. The number of nitrogens with one attached hydrogen (secondary N) is 2. The summed E-state index contributed by atoms with van der Waals surface area (Å²) in [6.07, 6.45) is 5.63. The lowest BCUT2D eigenvalue weighted by atomic mass is 10.2. The first-order valence-electron chi connectivity index (χ1n) is 8.31. The molecule has 11 nitrogen and oxygen atoms in total. The third-order valence-corrected chi connectivity index (χ3v) is 4.69. The summed E-state index contributed by atoms with van der Waals surface area (Å²) in [5.74, 6) is -0.0311. The molecule has 0 fully saturated rings. The first kappa shape index (κ1) is 21.1. The monoisotopic (exact) mass is 415 g/mol. The molecule has 0 aliphatic heterocycles. The third-order valence-electron chi connectivity index (χ3n) is 3.43. The molecule has 27 heavy (non-hydrogen) atoms. The molecule has 1 amide bonds. The number of hydrogen-bond acceptors (Lipinski definition) is 8. The minimum Gasteiger partial charge on any atom is -0.300 e. The van der Waals surface area contributed by atoms with E-state index < -0.39 is 11.3 Å². The molecule has 2 aromatic heterocycles. The molecule has 0 bridgehead atoms. The van der Waals surface area contributed by atoms with E-state index in [9.17, 15) is 13.8 Å². The fourth-order valence-electron chi connectivity index (χ4n) is 2.21. The van der Waals surface area contributed by atoms with E-state index in [-0.39, 0.29) is 28.4 Å². The van der Waals surface area contributed by atoms with Gasteiger partial charge in [-0.15, -0.1) is 15.3 Å². The Morgan fingerprint density at radius 2 is 1.96 bits per heavy atom. The van der Waals surface area contributed by atoms with Crippen molar-refractivity contribution in [3.8, 4) is 0 Å². The number of nitrogens with zero attached hydrogens (tertiary/aromatic N) is 5. The SMILES string of the molecule is CC(=O)CCCCn1cc(CCCC(=O)Nc2nnc(NS(=O)O)s2)nn1. The molecule has 148 valence electrons. The topological polar surface area (TPSA) is 152 Å². The molecule has 2 rings (SSSR count). The molecule has 0 radical (unpaired) electrons. The molecule has 0 aromatic carbocycles. The van der Waals surface area contributed by atoms with Gasteiger partial charge in [-0.25, -0.2) is 4.21 Å². The molecular weight excluding hydrogens is 394 g/mol. The number of amides is 1. The van der Waals surface area contributed by atoms with Gasteiger partial charge in [0, 0.05) is 25.6 Å². The predicted octanol–water partition coefficient (Wildman–Crippen LogP) is 1.40. The molecule has 0 spiro atoms. The maximum atomic E-state index is 11.9. The Balaban J connectivity index is 1.65. The van der Waals surface area contributed by atoms with Crippen LogP contribution in [0.25, 0.3) is 0 Å². The molecule has 1 unspecified atom stereocenters. The molecule has 0 saturated heterocycles. The number of carbonyl (C=O) groups excluding carboxylic acids is 2. The highest BCUT2D eigenvalue weighted by Crippen LogP contribution is 2.20. The van der Waals surface area contributed by atoms with Crippen LogP contribution >= 0.6 is 11.3 Å². The molecule has 3 N–H and O–H groups in total. The van der Waals surface area contributed by atoms with Gasteiger partial charge in [-0.2, -0.15) is 0 Å². The van der Waals surface area contributed by atoms with Crippen molar-refractivity contribution in [2.45, 2.75) is 52.0 Å². The van der Waals surface area contributed by atoms with E-state index in [1.165, 1.54) is 0 Å². The van der Waals surface area contributed by atoms with Crippen LogP contribution in [0.15, 0.2) is 6.20 Å². The summed E-state index contributed by atoms with van der Waals surface area (Å²) in [6, 6.07) is 0. The fraction of sp³-hybridized carbons (Fsp3) is 0.571. The van der Waals surface area contributed by atoms with Crippen LogP contribution in [0.3, 0.4) is 0 Å². The summed E-state index contributed by atoms with van der Waals surface area (Å²) in [6.45, 7) is 2.30. The Bertz CT molecular complexity index is 792. The van der Waals surface area contributed by atoms with E-state index in [0.29, 0.717) is 25.8 Å². The maximum Gasteiger partial charge on any atom is 0.261 e. The van der Waals surface area contributed by atoms with Crippen LogP contribution in [0.5, 0.6) is 0 Å². The van der Waals surface area contributed by atoms with Gasteiger partial charge in [0.15, 0.2) is 0 Å². The van der Waals surface area contributed by atoms with Crippen LogP contribution in [0.4, 0.5) is 10.3 Å². The predicted molar refractivity (Wildman–Crippen MR) is 100 cm³/mol. The number of aryl methyl sites for hydroxylation is 2. The Morgan fingerprint density at radius 1 is 1.19 bits per heavy atom. The van der Waals surface area contributed by atoms with Gasteiger partial charge in [0.1, 0.15) is 5.78 Å². The third kappa shape index (κ3) is 8.32. The van der Waals surface area contributed by atoms with E-state index in [0.717, 1.165) is 29.9 Å². The van der Waals surface area contributed by atoms with Crippen LogP contribution in [0.1, 0.15) is 44.7 Å². The van der Waals surface area contributed by atoms with Gasteiger partial charge < -0.3 is 10.1 Å². The van der Waals surface area contributed by atoms with Gasteiger partial charge in [-0.05, 0) is 32.6 Å². The van der Waals surface area contributed by atoms with Crippen LogP contribution in [0.2, 0.25) is 0 Å². The molecule has 1 atom stereocenters. The fourth-order valence-corrected chi connectivity index (χ4v) is 3.29. The molecule has 0 saturated carbocycles. The van der Waals surface area contributed by atoms with E-state index >= 15 is 0 Å². The van der Waals surface area contributed by atoms with E-state index in [1.807, 2.05) is 6.20 Å². The summed E-state index contributed by atoms with van der Waals surface area (Å²) < 4.78 is 23.2. The van der Waals surface area contributed by atoms with Gasteiger partial charge in [-0.3, -0.25) is 18.8 Å². The molecule has 2 aromatic rings. The Morgan fingerprint density at radius 3 is 2.70 bits per heavy atom. The summed E-state index contributed by atoms with van der Waals surface area (Å²) >= 11 is -1.26. The number of Topliss-reactive ketones (excluding diaryl/α,β-unsaturated/α-hetero) is 1. The summed E-state index contributed by atoms with van der Waals surface area (Å²) in [7, 11) is 0. The lowest BCUT2D eigenvalue weighted by Crippen LogP contribution is -2.11. The normalized spacial score (nSPS) is 11.9. The van der Waals surface area contributed by atoms with Crippen molar-refractivity contribution in [3.05, 3.63) is 11.9 Å². The molecule has 13 heteroatoms. The largest absolute Gasteiger partial charge is 0.300 e. The van der Waals surface area contributed by atoms with Crippen molar-refractivity contribution in [3.63, 3.8) is 0 Å². The van der Waals surface area contributed by atoms with Crippen molar-refractivity contribution >= 4 is 44.6 Å². The molecule has 0 aliphatic rings. The average molecular weight is 416 g/mol. The minimum atomic E-state index is -2.23. The summed E-state index contributed by atoms with van der Waals surface area (Å²) in [5.41, 5.74) is 0.808.